The number of para-hydroxylation sites is 2. The third kappa shape index (κ3) is 5.56. The van der Waals surface area contributed by atoms with Gasteiger partial charge in [0.25, 0.3) is 0 Å². The zero-order valence-electron chi connectivity index (χ0n) is 17.4. The Labute approximate surface area is 205 Å². The highest BCUT2D eigenvalue weighted by Crippen LogP contribution is 2.35. The second-order valence-electron chi connectivity index (χ2n) is 7.15. The van der Waals surface area contributed by atoms with E-state index in [-0.39, 0.29) is 0 Å². The molecule has 0 saturated carbocycles. The average molecular weight is 535 g/mol. The quantitative estimate of drug-likeness (QED) is 0.245. The maximum Gasteiger partial charge on any atom is 0.162 e. The van der Waals surface area contributed by atoms with Crippen LogP contribution in [0.4, 0.5) is 0 Å². The largest absolute Gasteiger partial charge is 0.490 e. The summed E-state index contributed by atoms with van der Waals surface area (Å²) >= 11 is 15.9. The van der Waals surface area contributed by atoms with Crippen molar-refractivity contribution in [2.24, 2.45) is 0 Å². The highest BCUT2D eigenvalue weighted by Gasteiger charge is 2.13. The molecule has 1 aromatic heterocycles. The fraction of sp³-hybridized carbons (Fsp3) is 0.208. The number of rotatable bonds is 9. The molecule has 2 N–H and O–H groups in total. The summed E-state index contributed by atoms with van der Waals surface area (Å²) < 4.78 is 12.8. The minimum absolute atomic E-state index is 0.312. The van der Waals surface area contributed by atoms with Crippen LogP contribution in [0.2, 0.25) is 10.0 Å². The molecule has 0 atom stereocenters. The number of benzene rings is 3. The Hall–Kier alpha value is -2.25. The molecule has 0 radical (unpaired) electrons. The Morgan fingerprint density at radius 1 is 0.969 bits per heavy atom. The van der Waals surface area contributed by atoms with Gasteiger partial charge in [-0.15, -0.1) is 0 Å². The molecule has 3 aromatic carbocycles. The molecule has 0 bridgehead atoms. The second kappa shape index (κ2) is 10.6. The second-order valence-corrected chi connectivity index (χ2v) is 8.85. The summed E-state index contributed by atoms with van der Waals surface area (Å²) in [6, 6.07) is 17.3. The standard InChI is InChI=1S/C24H22BrCl2N3O2/c1-2-31-22-9-16(12-28-13-24-29-20-5-3-4-6-21(20)30-24)18(25)11-23(22)32-14-15-7-8-17(26)10-19(15)27/h3-11,28H,2,12-14H2,1H3,(H,29,30). The van der Waals surface area contributed by atoms with E-state index in [1.54, 1.807) is 12.1 Å². The molecule has 0 aliphatic heterocycles. The number of nitrogens with zero attached hydrogens (tertiary/aromatic N) is 1. The lowest BCUT2D eigenvalue weighted by molar-refractivity contribution is 0.269. The first-order valence-corrected chi connectivity index (χ1v) is 11.7. The Kier molecular flexibility index (Phi) is 7.58. The first-order valence-electron chi connectivity index (χ1n) is 10.2. The van der Waals surface area contributed by atoms with Crippen molar-refractivity contribution < 1.29 is 9.47 Å². The molecule has 4 aromatic rings. The Bertz CT molecular complexity index is 1200. The summed E-state index contributed by atoms with van der Waals surface area (Å²) in [7, 11) is 0. The van der Waals surface area contributed by atoms with E-state index in [0.717, 1.165) is 32.5 Å². The first-order chi connectivity index (χ1) is 15.5. The minimum atomic E-state index is 0.312. The number of aromatic amines is 1. The number of nitrogens with one attached hydrogen (secondary N) is 2. The number of H-pyrrole nitrogens is 1. The molecule has 0 aliphatic rings. The number of hydrogen-bond acceptors (Lipinski definition) is 4. The van der Waals surface area contributed by atoms with Gasteiger partial charge in [-0.25, -0.2) is 4.98 Å². The van der Waals surface area contributed by atoms with Crippen LogP contribution in [0, 0.1) is 0 Å². The lowest BCUT2D eigenvalue weighted by Crippen LogP contribution is -2.14. The molecule has 5 nitrogen and oxygen atoms in total. The monoisotopic (exact) mass is 533 g/mol. The number of ether oxygens (including phenoxy) is 2. The molecule has 166 valence electrons. The Morgan fingerprint density at radius 2 is 1.78 bits per heavy atom. The summed E-state index contributed by atoms with van der Waals surface area (Å²) in [4.78, 5) is 7.93. The van der Waals surface area contributed by atoms with Gasteiger partial charge < -0.3 is 19.8 Å². The molecular weight excluding hydrogens is 513 g/mol. The molecule has 0 amide bonds. The van der Waals surface area contributed by atoms with E-state index in [4.69, 9.17) is 32.7 Å². The molecule has 0 saturated heterocycles. The Balaban J connectivity index is 1.43. The van der Waals surface area contributed by atoms with Crippen molar-refractivity contribution in [2.45, 2.75) is 26.6 Å². The number of fused-ring (bicyclic) bond motifs is 1. The van der Waals surface area contributed by atoms with E-state index in [2.05, 4.69) is 31.2 Å². The van der Waals surface area contributed by atoms with Crippen LogP contribution in [0.15, 0.2) is 59.1 Å². The summed E-state index contributed by atoms with van der Waals surface area (Å²) in [5.74, 6) is 2.22. The van der Waals surface area contributed by atoms with Gasteiger partial charge in [0.15, 0.2) is 11.5 Å². The van der Waals surface area contributed by atoms with E-state index in [1.807, 2.05) is 49.4 Å². The van der Waals surface area contributed by atoms with Gasteiger partial charge in [-0.3, -0.25) is 0 Å². The number of halogens is 3. The maximum atomic E-state index is 6.27. The molecule has 8 heteroatoms. The highest BCUT2D eigenvalue weighted by molar-refractivity contribution is 9.10. The predicted octanol–water partition coefficient (Wildman–Crippen LogP) is 6.90. The van der Waals surface area contributed by atoms with Crippen molar-refractivity contribution in [3.8, 4) is 11.5 Å². The topological polar surface area (TPSA) is 59.2 Å². The molecule has 0 spiro atoms. The van der Waals surface area contributed by atoms with Crippen LogP contribution in [0.1, 0.15) is 23.9 Å². The molecule has 1 heterocycles. The first kappa shape index (κ1) is 22.9. The molecule has 0 unspecified atom stereocenters. The van der Waals surface area contributed by atoms with Crippen LogP contribution in [-0.2, 0) is 19.7 Å². The number of imidazole rings is 1. The van der Waals surface area contributed by atoms with E-state index in [1.165, 1.54) is 0 Å². The highest BCUT2D eigenvalue weighted by atomic mass is 79.9. The molecule has 0 aliphatic carbocycles. The normalized spacial score (nSPS) is 11.1. The third-order valence-corrected chi connectivity index (χ3v) is 6.18. The van der Waals surface area contributed by atoms with Crippen LogP contribution < -0.4 is 14.8 Å². The molecule has 32 heavy (non-hydrogen) atoms. The summed E-state index contributed by atoms with van der Waals surface area (Å²) in [5.41, 5.74) is 3.91. The van der Waals surface area contributed by atoms with Gasteiger partial charge in [0.2, 0.25) is 0 Å². The lowest BCUT2D eigenvalue weighted by Gasteiger charge is -2.16. The smallest absolute Gasteiger partial charge is 0.162 e. The van der Waals surface area contributed by atoms with Crippen molar-refractivity contribution in [3.05, 3.63) is 86.1 Å². The van der Waals surface area contributed by atoms with Crippen LogP contribution >= 0.6 is 39.1 Å². The van der Waals surface area contributed by atoms with Gasteiger partial charge in [0.05, 0.1) is 24.2 Å². The summed E-state index contributed by atoms with van der Waals surface area (Å²) in [6.45, 7) is 4.05. The van der Waals surface area contributed by atoms with Crippen LogP contribution in [0.5, 0.6) is 11.5 Å². The van der Waals surface area contributed by atoms with E-state index in [9.17, 15) is 0 Å². The van der Waals surface area contributed by atoms with Gasteiger partial charge in [-0.2, -0.15) is 0 Å². The SMILES string of the molecule is CCOc1cc(CNCc2nc3ccccc3[nH]2)c(Br)cc1OCc1ccc(Cl)cc1Cl. The molecule has 4 rings (SSSR count). The van der Waals surface area contributed by atoms with Crippen LogP contribution in [0.3, 0.4) is 0 Å². The van der Waals surface area contributed by atoms with Gasteiger partial charge in [0.1, 0.15) is 12.4 Å². The zero-order valence-corrected chi connectivity index (χ0v) is 20.5. The van der Waals surface area contributed by atoms with Crippen molar-refractivity contribution in [3.63, 3.8) is 0 Å². The van der Waals surface area contributed by atoms with Crippen LogP contribution in [-0.4, -0.2) is 16.6 Å². The minimum Gasteiger partial charge on any atom is -0.490 e. The number of hydrogen-bond donors (Lipinski definition) is 2. The van der Waals surface area contributed by atoms with Crippen molar-refractivity contribution in [1.29, 1.82) is 0 Å². The summed E-state index contributed by atoms with van der Waals surface area (Å²) in [6.07, 6.45) is 0. The fourth-order valence-corrected chi connectivity index (χ4v) is 4.22. The summed E-state index contributed by atoms with van der Waals surface area (Å²) in [5, 5.41) is 4.59. The van der Waals surface area contributed by atoms with Crippen LogP contribution in [0.25, 0.3) is 11.0 Å². The van der Waals surface area contributed by atoms with E-state index in [0.29, 0.717) is 47.8 Å². The van der Waals surface area contributed by atoms with Crippen molar-refractivity contribution >= 4 is 50.2 Å². The van der Waals surface area contributed by atoms with Crippen molar-refractivity contribution in [2.75, 3.05) is 6.61 Å². The molecule has 0 fully saturated rings. The van der Waals surface area contributed by atoms with Gasteiger partial charge in [-0.1, -0.05) is 57.3 Å². The maximum absolute atomic E-state index is 6.27. The fourth-order valence-electron chi connectivity index (χ4n) is 3.29. The number of aromatic nitrogens is 2. The third-order valence-electron chi connectivity index (χ3n) is 4.86. The molecular formula is C24H22BrCl2N3O2. The van der Waals surface area contributed by atoms with Gasteiger partial charge in [0, 0.05) is 26.6 Å². The van der Waals surface area contributed by atoms with E-state index >= 15 is 0 Å². The predicted molar refractivity (Wildman–Crippen MR) is 133 cm³/mol. The Morgan fingerprint density at radius 3 is 2.56 bits per heavy atom. The van der Waals surface area contributed by atoms with Gasteiger partial charge in [-0.05, 0) is 48.9 Å². The van der Waals surface area contributed by atoms with E-state index < -0.39 is 0 Å². The average Bonchev–Trinajstić information content (AvgIpc) is 3.18. The zero-order chi connectivity index (χ0) is 22.5. The van der Waals surface area contributed by atoms with Crippen molar-refractivity contribution in [1.82, 2.24) is 15.3 Å². The lowest BCUT2D eigenvalue weighted by atomic mass is 10.2. The van der Waals surface area contributed by atoms with Gasteiger partial charge >= 0.3 is 0 Å².